The zero-order chi connectivity index (χ0) is 13.7. The maximum Gasteiger partial charge on any atom is 0.0438 e. The Labute approximate surface area is 119 Å². The molecule has 3 heteroatoms. The Hall–Kier alpha value is -1.38. The smallest absolute Gasteiger partial charge is 0.0438 e. The Morgan fingerprint density at radius 3 is 2.47 bits per heavy atom. The molecule has 0 spiro atoms. The molecule has 0 saturated carbocycles. The van der Waals surface area contributed by atoms with E-state index >= 15 is 0 Å². The maximum absolute atomic E-state index is 6.19. The van der Waals surface area contributed by atoms with Crippen LogP contribution in [0.5, 0.6) is 0 Å². The van der Waals surface area contributed by atoms with Gasteiger partial charge in [0.25, 0.3) is 0 Å². The Morgan fingerprint density at radius 1 is 1.11 bits per heavy atom. The number of benzene rings is 1. The summed E-state index contributed by atoms with van der Waals surface area (Å²) in [7, 11) is 0. The zero-order valence-corrected chi connectivity index (χ0v) is 12.1. The summed E-state index contributed by atoms with van der Waals surface area (Å²) in [5.74, 6) is 0. The van der Waals surface area contributed by atoms with E-state index in [1.165, 1.54) is 11.1 Å². The number of hydrogen-bond donors (Lipinski definition) is 1. The summed E-state index contributed by atoms with van der Waals surface area (Å²) in [4.78, 5) is 4.04. The summed E-state index contributed by atoms with van der Waals surface area (Å²) >= 11 is 6.19. The van der Waals surface area contributed by atoms with Crippen molar-refractivity contribution in [3.05, 3.63) is 64.9 Å². The molecular weight excluding hydrogens is 256 g/mol. The lowest BCUT2D eigenvalue weighted by atomic mass is 10.0. The number of rotatable bonds is 5. The van der Waals surface area contributed by atoms with E-state index < -0.39 is 0 Å². The molecule has 1 heterocycles. The van der Waals surface area contributed by atoms with Crippen LogP contribution in [-0.2, 0) is 6.42 Å². The first-order valence-electron chi connectivity index (χ1n) is 6.56. The van der Waals surface area contributed by atoms with Gasteiger partial charge in [0.1, 0.15) is 0 Å². The highest BCUT2D eigenvalue weighted by Crippen LogP contribution is 2.18. The van der Waals surface area contributed by atoms with Gasteiger partial charge in [-0.25, -0.2) is 0 Å². The Bertz CT molecular complexity index is 513. The van der Waals surface area contributed by atoms with Crippen LogP contribution in [0, 0.1) is 0 Å². The highest BCUT2D eigenvalue weighted by Gasteiger charge is 2.11. The fourth-order valence-electron chi connectivity index (χ4n) is 2.23. The van der Waals surface area contributed by atoms with Crippen molar-refractivity contribution in [3.8, 4) is 0 Å². The minimum atomic E-state index is 0.306. The fourth-order valence-corrected chi connectivity index (χ4v) is 2.44. The number of nitrogens with zero attached hydrogens (tertiary/aromatic N) is 1. The predicted molar refractivity (Wildman–Crippen MR) is 80.4 cm³/mol. The number of halogens is 1. The monoisotopic (exact) mass is 274 g/mol. The summed E-state index contributed by atoms with van der Waals surface area (Å²) in [6.45, 7) is 4.35. The van der Waals surface area contributed by atoms with E-state index in [9.17, 15) is 0 Å². The second kappa shape index (κ2) is 6.69. The van der Waals surface area contributed by atoms with Crippen LogP contribution in [0.25, 0.3) is 0 Å². The van der Waals surface area contributed by atoms with Gasteiger partial charge in [0.05, 0.1) is 0 Å². The molecule has 2 unspecified atom stereocenters. The van der Waals surface area contributed by atoms with Crippen LogP contribution < -0.4 is 5.32 Å². The lowest BCUT2D eigenvalue weighted by molar-refractivity contribution is 0.477. The molecule has 0 radical (unpaired) electrons. The molecule has 0 aliphatic carbocycles. The fraction of sp³-hybridized carbons (Fsp3) is 0.312. The third-order valence-corrected chi connectivity index (χ3v) is 3.59. The van der Waals surface area contributed by atoms with Gasteiger partial charge in [0, 0.05) is 29.5 Å². The van der Waals surface area contributed by atoms with Crippen molar-refractivity contribution >= 4 is 11.6 Å². The summed E-state index contributed by atoms with van der Waals surface area (Å²) < 4.78 is 0. The van der Waals surface area contributed by atoms with Crippen LogP contribution in [0.15, 0.2) is 48.8 Å². The Morgan fingerprint density at radius 2 is 1.79 bits per heavy atom. The van der Waals surface area contributed by atoms with Crippen molar-refractivity contribution in [1.82, 2.24) is 10.3 Å². The minimum absolute atomic E-state index is 0.306. The molecule has 0 fully saturated rings. The third-order valence-electron chi connectivity index (χ3n) is 3.22. The molecule has 2 nitrogen and oxygen atoms in total. The molecular formula is C16H19ClN2. The van der Waals surface area contributed by atoms with Crippen molar-refractivity contribution in [1.29, 1.82) is 0 Å². The molecule has 0 saturated heterocycles. The SMILES string of the molecule is CC(Cc1ccccc1Cl)NC(C)c1ccncc1. The third kappa shape index (κ3) is 4.05. The molecule has 2 atom stereocenters. The van der Waals surface area contributed by atoms with E-state index in [0.29, 0.717) is 12.1 Å². The second-order valence-corrected chi connectivity index (χ2v) is 5.27. The largest absolute Gasteiger partial charge is 0.307 e. The van der Waals surface area contributed by atoms with Crippen molar-refractivity contribution in [2.75, 3.05) is 0 Å². The highest BCUT2D eigenvalue weighted by atomic mass is 35.5. The van der Waals surface area contributed by atoms with E-state index in [1.54, 1.807) is 0 Å². The number of nitrogens with one attached hydrogen (secondary N) is 1. The molecule has 1 aromatic carbocycles. The zero-order valence-electron chi connectivity index (χ0n) is 11.3. The van der Waals surface area contributed by atoms with Crippen LogP contribution in [0.1, 0.15) is 31.0 Å². The van der Waals surface area contributed by atoms with Crippen molar-refractivity contribution in [2.24, 2.45) is 0 Å². The van der Waals surface area contributed by atoms with E-state index in [4.69, 9.17) is 11.6 Å². The molecule has 0 aliphatic heterocycles. The van der Waals surface area contributed by atoms with Crippen molar-refractivity contribution in [3.63, 3.8) is 0 Å². The van der Waals surface area contributed by atoms with Crippen molar-refractivity contribution < 1.29 is 0 Å². The van der Waals surface area contributed by atoms with Gasteiger partial charge in [-0.1, -0.05) is 29.8 Å². The van der Waals surface area contributed by atoms with Gasteiger partial charge in [0.2, 0.25) is 0 Å². The van der Waals surface area contributed by atoms with Crippen molar-refractivity contribution in [2.45, 2.75) is 32.4 Å². The molecule has 0 bridgehead atoms. The van der Waals surface area contributed by atoms with Gasteiger partial charge >= 0.3 is 0 Å². The average molecular weight is 275 g/mol. The molecule has 2 aromatic rings. The quantitative estimate of drug-likeness (QED) is 0.891. The lowest BCUT2D eigenvalue weighted by Crippen LogP contribution is -2.30. The first-order chi connectivity index (χ1) is 9.16. The average Bonchev–Trinajstić information content (AvgIpc) is 2.42. The van der Waals surface area contributed by atoms with Crippen LogP contribution in [-0.4, -0.2) is 11.0 Å². The predicted octanol–water partition coefficient (Wildman–Crippen LogP) is 4.02. The van der Waals surface area contributed by atoms with E-state index in [-0.39, 0.29) is 0 Å². The van der Waals surface area contributed by atoms with E-state index in [0.717, 1.165) is 11.4 Å². The molecule has 0 amide bonds. The molecule has 2 rings (SSSR count). The van der Waals surface area contributed by atoms with Gasteiger partial charge < -0.3 is 5.32 Å². The first kappa shape index (κ1) is 14.0. The summed E-state index contributed by atoms with van der Waals surface area (Å²) in [5.41, 5.74) is 2.44. The summed E-state index contributed by atoms with van der Waals surface area (Å²) in [5, 5.41) is 4.43. The Kier molecular flexibility index (Phi) is 4.94. The van der Waals surface area contributed by atoms with Gasteiger partial charge in [-0.2, -0.15) is 0 Å². The summed E-state index contributed by atoms with van der Waals surface area (Å²) in [6.07, 6.45) is 4.58. The van der Waals surface area contributed by atoms with Gasteiger partial charge in [-0.15, -0.1) is 0 Å². The topological polar surface area (TPSA) is 24.9 Å². The lowest BCUT2D eigenvalue weighted by Gasteiger charge is -2.20. The summed E-state index contributed by atoms with van der Waals surface area (Å²) in [6, 6.07) is 12.8. The van der Waals surface area contributed by atoms with Crippen LogP contribution in [0.4, 0.5) is 0 Å². The highest BCUT2D eigenvalue weighted by molar-refractivity contribution is 6.31. The second-order valence-electron chi connectivity index (χ2n) is 4.87. The first-order valence-corrected chi connectivity index (χ1v) is 6.94. The molecule has 1 aromatic heterocycles. The number of pyridine rings is 1. The number of aromatic nitrogens is 1. The van der Waals surface area contributed by atoms with Gasteiger partial charge in [0.15, 0.2) is 0 Å². The van der Waals surface area contributed by atoms with Crippen LogP contribution >= 0.6 is 11.6 Å². The molecule has 100 valence electrons. The van der Waals surface area contributed by atoms with E-state index in [1.807, 2.05) is 42.7 Å². The van der Waals surface area contributed by atoms with Gasteiger partial charge in [-0.3, -0.25) is 4.98 Å². The van der Waals surface area contributed by atoms with Crippen LogP contribution in [0.3, 0.4) is 0 Å². The normalized spacial score (nSPS) is 14.1. The molecule has 1 N–H and O–H groups in total. The van der Waals surface area contributed by atoms with Gasteiger partial charge in [-0.05, 0) is 49.6 Å². The maximum atomic E-state index is 6.19. The molecule has 0 aliphatic rings. The minimum Gasteiger partial charge on any atom is -0.307 e. The van der Waals surface area contributed by atoms with E-state index in [2.05, 4.69) is 30.2 Å². The van der Waals surface area contributed by atoms with Crippen LogP contribution in [0.2, 0.25) is 5.02 Å². The molecule has 19 heavy (non-hydrogen) atoms. The Balaban J connectivity index is 1.95. The number of hydrogen-bond acceptors (Lipinski definition) is 2. The standard InChI is InChI=1S/C16H19ClN2/c1-12(11-15-5-3-4-6-16(15)17)19-13(2)14-7-9-18-10-8-14/h3-10,12-13,19H,11H2,1-2H3.